The van der Waals surface area contributed by atoms with Crippen LogP contribution >= 0.6 is 11.3 Å². The van der Waals surface area contributed by atoms with Gasteiger partial charge in [-0.3, -0.25) is 0 Å². The molecule has 1 N–H and O–H groups in total. The number of nitrogens with one attached hydrogen (secondary N) is 1. The minimum Gasteiger partial charge on any atom is -0.354 e. The largest absolute Gasteiger partial charge is 0.354 e. The third-order valence-corrected chi connectivity index (χ3v) is 4.66. The van der Waals surface area contributed by atoms with E-state index < -0.39 is 0 Å². The molecular weight excluding hydrogens is 230 g/mol. The van der Waals surface area contributed by atoms with Crippen molar-refractivity contribution in [2.24, 2.45) is 0 Å². The molecule has 3 nitrogen and oxygen atoms in total. The second-order valence-electron chi connectivity index (χ2n) is 4.98. The van der Waals surface area contributed by atoms with Crippen molar-refractivity contribution in [3.8, 4) is 0 Å². The quantitative estimate of drug-likeness (QED) is 0.874. The summed E-state index contributed by atoms with van der Waals surface area (Å²) in [5.74, 6) is 0. The van der Waals surface area contributed by atoms with Crippen molar-refractivity contribution in [1.82, 2.24) is 10.3 Å². The summed E-state index contributed by atoms with van der Waals surface area (Å²) in [4.78, 5) is 8.20. The molecule has 0 atom stereocenters. The van der Waals surface area contributed by atoms with Gasteiger partial charge in [0.25, 0.3) is 0 Å². The number of aromatic nitrogens is 1. The van der Waals surface area contributed by atoms with E-state index in [2.05, 4.69) is 36.2 Å². The first kappa shape index (κ1) is 12.8. The molecule has 1 aliphatic carbocycles. The second-order valence-corrected chi connectivity index (χ2v) is 6.04. The molecule has 1 saturated carbocycles. The average Bonchev–Trinajstić information content (AvgIpc) is 2.95. The lowest BCUT2D eigenvalue weighted by Crippen LogP contribution is -2.25. The summed E-state index contributed by atoms with van der Waals surface area (Å²) in [6, 6.07) is 0.740. The average molecular weight is 253 g/mol. The molecule has 0 aliphatic heterocycles. The highest BCUT2D eigenvalue weighted by atomic mass is 32.1. The monoisotopic (exact) mass is 253 g/mol. The molecule has 1 heterocycles. The van der Waals surface area contributed by atoms with Gasteiger partial charge in [0.15, 0.2) is 5.13 Å². The van der Waals surface area contributed by atoms with Crippen LogP contribution in [0.15, 0.2) is 0 Å². The Bertz CT molecular complexity index is 354. The smallest absolute Gasteiger partial charge is 0.185 e. The van der Waals surface area contributed by atoms with Crippen LogP contribution in [0.5, 0.6) is 0 Å². The van der Waals surface area contributed by atoms with Crippen LogP contribution in [0.1, 0.15) is 43.2 Å². The third-order valence-electron chi connectivity index (χ3n) is 3.39. The van der Waals surface area contributed by atoms with E-state index in [-0.39, 0.29) is 0 Å². The highest BCUT2D eigenvalue weighted by Gasteiger charge is 2.16. The summed E-state index contributed by atoms with van der Waals surface area (Å²) in [5.41, 5.74) is 1.27. The summed E-state index contributed by atoms with van der Waals surface area (Å²) >= 11 is 1.83. The van der Waals surface area contributed by atoms with Gasteiger partial charge < -0.3 is 10.2 Å². The molecule has 0 saturated heterocycles. The maximum Gasteiger partial charge on any atom is 0.185 e. The Morgan fingerprint density at radius 2 is 2.06 bits per heavy atom. The van der Waals surface area contributed by atoms with Crippen molar-refractivity contribution in [3.63, 3.8) is 0 Å². The SMILES string of the molecule is CCc1nc(N(C)C)sc1CNC1CCCC1. The number of thiazole rings is 1. The van der Waals surface area contributed by atoms with Gasteiger partial charge in [-0.2, -0.15) is 0 Å². The fourth-order valence-electron chi connectivity index (χ4n) is 2.34. The van der Waals surface area contributed by atoms with Crippen molar-refractivity contribution in [2.75, 3.05) is 19.0 Å². The van der Waals surface area contributed by atoms with Gasteiger partial charge in [-0.25, -0.2) is 4.98 Å². The van der Waals surface area contributed by atoms with Crippen molar-refractivity contribution < 1.29 is 0 Å². The first-order chi connectivity index (χ1) is 8.20. The van der Waals surface area contributed by atoms with Crippen LogP contribution in [-0.4, -0.2) is 25.1 Å². The summed E-state index contributed by atoms with van der Waals surface area (Å²) in [6.07, 6.45) is 6.52. The minimum atomic E-state index is 0.740. The third kappa shape index (κ3) is 3.19. The van der Waals surface area contributed by atoms with E-state index in [1.807, 2.05) is 11.3 Å². The van der Waals surface area contributed by atoms with Gasteiger partial charge >= 0.3 is 0 Å². The van der Waals surface area contributed by atoms with Crippen molar-refractivity contribution >= 4 is 16.5 Å². The van der Waals surface area contributed by atoms with E-state index in [0.29, 0.717) is 0 Å². The predicted octanol–water partition coefficient (Wildman–Crippen LogP) is 2.80. The maximum absolute atomic E-state index is 4.68. The van der Waals surface area contributed by atoms with Crippen LogP contribution in [-0.2, 0) is 13.0 Å². The zero-order valence-electron chi connectivity index (χ0n) is 11.1. The Balaban J connectivity index is 1.98. The lowest BCUT2D eigenvalue weighted by Gasteiger charge is -2.10. The number of hydrogen-bond donors (Lipinski definition) is 1. The summed E-state index contributed by atoms with van der Waals surface area (Å²) in [7, 11) is 4.12. The molecule has 96 valence electrons. The summed E-state index contributed by atoms with van der Waals surface area (Å²) < 4.78 is 0. The number of rotatable bonds is 5. The molecule has 17 heavy (non-hydrogen) atoms. The molecule has 1 fully saturated rings. The topological polar surface area (TPSA) is 28.2 Å². The molecule has 1 aromatic heterocycles. The van der Waals surface area contributed by atoms with Crippen molar-refractivity contribution in [1.29, 1.82) is 0 Å². The fraction of sp³-hybridized carbons (Fsp3) is 0.769. The molecule has 0 unspecified atom stereocenters. The number of anilines is 1. The second kappa shape index (κ2) is 5.83. The van der Waals surface area contributed by atoms with E-state index >= 15 is 0 Å². The molecule has 0 spiro atoms. The molecule has 0 aromatic carbocycles. The van der Waals surface area contributed by atoms with E-state index in [1.54, 1.807) is 0 Å². The van der Waals surface area contributed by atoms with Gasteiger partial charge in [0, 0.05) is 31.6 Å². The van der Waals surface area contributed by atoms with Crippen LogP contribution in [0.4, 0.5) is 5.13 Å². The van der Waals surface area contributed by atoms with E-state index in [4.69, 9.17) is 0 Å². The molecular formula is C13H23N3S. The minimum absolute atomic E-state index is 0.740. The number of nitrogens with zero attached hydrogens (tertiary/aromatic N) is 2. The zero-order valence-corrected chi connectivity index (χ0v) is 11.9. The lowest BCUT2D eigenvalue weighted by molar-refractivity contribution is 0.525. The normalized spacial score (nSPS) is 16.6. The van der Waals surface area contributed by atoms with Gasteiger partial charge in [0.05, 0.1) is 5.69 Å². The van der Waals surface area contributed by atoms with Gasteiger partial charge in [-0.05, 0) is 19.3 Å². The van der Waals surface area contributed by atoms with Crippen LogP contribution in [0.3, 0.4) is 0 Å². The lowest BCUT2D eigenvalue weighted by atomic mass is 10.2. The number of aryl methyl sites for hydroxylation is 1. The van der Waals surface area contributed by atoms with Crippen molar-refractivity contribution in [2.45, 2.75) is 51.6 Å². The van der Waals surface area contributed by atoms with Gasteiger partial charge in [0.1, 0.15) is 0 Å². The Kier molecular flexibility index (Phi) is 4.40. The zero-order chi connectivity index (χ0) is 12.3. The fourth-order valence-corrected chi connectivity index (χ4v) is 3.36. The molecule has 2 rings (SSSR count). The van der Waals surface area contributed by atoms with Gasteiger partial charge in [0.2, 0.25) is 0 Å². The Morgan fingerprint density at radius 1 is 1.35 bits per heavy atom. The van der Waals surface area contributed by atoms with E-state index in [9.17, 15) is 0 Å². The summed E-state index contributed by atoms with van der Waals surface area (Å²) in [6.45, 7) is 3.19. The Morgan fingerprint density at radius 3 is 2.65 bits per heavy atom. The van der Waals surface area contributed by atoms with Gasteiger partial charge in [-0.15, -0.1) is 11.3 Å². The molecule has 1 aliphatic rings. The molecule has 1 aromatic rings. The Labute approximate surface area is 108 Å². The molecule has 0 radical (unpaired) electrons. The van der Waals surface area contributed by atoms with Crippen molar-refractivity contribution in [3.05, 3.63) is 10.6 Å². The molecule has 4 heteroatoms. The first-order valence-corrected chi connectivity index (χ1v) is 7.41. The van der Waals surface area contributed by atoms with E-state index in [1.165, 1.54) is 36.3 Å². The van der Waals surface area contributed by atoms with E-state index in [0.717, 1.165) is 24.1 Å². The summed E-state index contributed by atoms with van der Waals surface area (Å²) in [5, 5.41) is 4.81. The van der Waals surface area contributed by atoms with Crippen LogP contribution in [0.2, 0.25) is 0 Å². The highest BCUT2D eigenvalue weighted by molar-refractivity contribution is 7.15. The molecule has 0 amide bonds. The van der Waals surface area contributed by atoms with Crippen LogP contribution < -0.4 is 10.2 Å². The first-order valence-electron chi connectivity index (χ1n) is 6.60. The van der Waals surface area contributed by atoms with Crippen LogP contribution in [0, 0.1) is 0 Å². The van der Waals surface area contributed by atoms with Gasteiger partial charge in [-0.1, -0.05) is 19.8 Å². The highest BCUT2D eigenvalue weighted by Crippen LogP contribution is 2.26. The Hall–Kier alpha value is -0.610. The predicted molar refractivity (Wildman–Crippen MR) is 74.9 cm³/mol. The maximum atomic E-state index is 4.68. The van der Waals surface area contributed by atoms with Crippen LogP contribution in [0.25, 0.3) is 0 Å². The molecule has 0 bridgehead atoms. The standard InChI is InChI=1S/C13H23N3S/c1-4-11-12(17-13(15-11)16(2)3)9-14-10-7-5-6-8-10/h10,14H,4-9H2,1-3H3. The number of hydrogen-bond acceptors (Lipinski definition) is 4.